The van der Waals surface area contributed by atoms with Gasteiger partial charge in [-0.2, -0.15) is 13.2 Å². The van der Waals surface area contributed by atoms with Gasteiger partial charge in [-0.15, -0.1) is 4.72 Å². The highest BCUT2D eigenvalue weighted by atomic mass is 32.2. The average Bonchev–Trinajstić information content (AvgIpc) is 3.07. The lowest BCUT2D eigenvalue weighted by Crippen LogP contribution is -2.33. The maximum atomic E-state index is 12.9. The quantitative estimate of drug-likeness (QED) is 0.752. The molecule has 2 N–H and O–H groups in total. The first-order valence-corrected chi connectivity index (χ1v) is 9.83. The molecule has 0 amide bonds. The van der Waals surface area contributed by atoms with E-state index in [9.17, 15) is 17.7 Å². The standard InChI is InChI=1S/C17H22F3N5OS/c1-21-27(26)13-7-14(15-9-25(2)10-23-15)16(22-8-13)24-12-5-3-11(4-6-12)17(18,19)20/h7-12,21H,3-6H2,1-2H3,(H,22,24)/t11-,12+,27?. The van der Waals surface area contributed by atoms with Crippen LogP contribution in [0.5, 0.6) is 0 Å². The topological polar surface area (TPSA) is 77.8 Å². The summed E-state index contributed by atoms with van der Waals surface area (Å²) in [5.74, 6) is -0.680. The third-order valence-electron chi connectivity index (χ3n) is 4.77. The van der Waals surface area contributed by atoms with Gasteiger partial charge in [0.2, 0.25) is 0 Å². The molecule has 0 aliphatic heterocycles. The van der Waals surface area contributed by atoms with Gasteiger partial charge in [-0.05, 0) is 25.7 Å². The Labute approximate surface area is 158 Å². The van der Waals surface area contributed by atoms with E-state index in [1.54, 1.807) is 24.0 Å². The maximum absolute atomic E-state index is 12.9. The second kappa shape index (κ2) is 8.07. The van der Waals surface area contributed by atoms with Crippen molar-refractivity contribution in [1.29, 1.82) is 0 Å². The molecule has 1 aliphatic carbocycles. The first-order valence-electron chi connectivity index (χ1n) is 8.68. The summed E-state index contributed by atoms with van der Waals surface area (Å²) in [6, 6.07) is 1.66. The van der Waals surface area contributed by atoms with Crippen molar-refractivity contribution >= 4 is 17.2 Å². The summed E-state index contributed by atoms with van der Waals surface area (Å²) in [7, 11) is 3.42. The van der Waals surface area contributed by atoms with Gasteiger partial charge < -0.3 is 14.4 Å². The van der Waals surface area contributed by atoms with Crippen LogP contribution in [-0.4, -0.2) is 38.4 Å². The summed E-state index contributed by atoms with van der Waals surface area (Å²) in [6.45, 7) is 0. The molecule has 1 fully saturated rings. The second-order valence-electron chi connectivity index (χ2n) is 6.70. The van der Waals surface area contributed by atoms with Crippen molar-refractivity contribution in [2.24, 2.45) is 13.0 Å². The lowest BCUT2D eigenvalue weighted by Gasteiger charge is -2.31. The Balaban J connectivity index is 1.81. The molecule has 0 saturated heterocycles. The predicted octanol–water partition coefficient (Wildman–Crippen LogP) is 3.26. The molecule has 2 aromatic rings. The minimum absolute atomic E-state index is 0.0841. The van der Waals surface area contributed by atoms with Crippen molar-refractivity contribution in [1.82, 2.24) is 19.3 Å². The van der Waals surface area contributed by atoms with Gasteiger partial charge in [-0.3, -0.25) is 0 Å². The molecule has 2 heterocycles. The summed E-state index contributed by atoms with van der Waals surface area (Å²) in [4.78, 5) is 9.21. The Morgan fingerprint density at radius 1 is 1.22 bits per heavy atom. The molecule has 0 aromatic carbocycles. The summed E-state index contributed by atoms with van der Waals surface area (Å²) in [5.41, 5.74) is 1.33. The molecule has 1 saturated carbocycles. The Morgan fingerprint density at radius 2 is 1.93 bits per heavy atom. The van der Waals surface area contributed by atoms with Crippen LogP contribution in [0, 0.1) is 5.92 Å². The first-order chi connectivity index (χ1) is 12.8. The van der Waals surface area contributed by atoms with E-state index in [1.807, 2.05) is 13.2 Å². The summed E-state index contributed by atoms with van der Waals surface area (Å²) in [6.07, 6.45) is 1.92. The molecule has 1 atom stereocenters. The van der Waals surface area contributed by atoms with E-state index in [1.165, 1.54) is 6.20 Å². The minimum atomic E-state index is -4.12. The Kier molecular flexibility index (Phi) is 5.97. The van der Waals surface area contributed by atoms with Crippen molar-refractivity contribution in [3.8, 4) is 11.3 Å². The summed E-state index contributed by atoms with van der Waals surface area (Å²) in [5, 5.41) is 3.27. The van der Waals surface area contributed by atoms with Crippen LogP contribution in [-0.2, 0) is 18.4 Å². The number of hydrogen-bond donors (Lipinski definition) is 2. The van der Waals surface area contributed by atoms with Crippen LogP contribution >= 0.6 is 0 Å². The van der Waals surface area contributed by atoms with E-state index in [0.29, 0.717) is 34.8 Å². The Morgan fingerprint density at radius 3 is 2.48 bits per heavy atom. The highest BCUT2D eigenvalue weighted by molar-refractivity contribution is 7.89. The van der Waals surface area contributed by atoms with E-state index in [0.717, 1.165) is 0 Å². The van der Waals surface area contributed by atoms with Crippen molar-refractivity contribution < 1.29 is 17.7 Å². The molecule has 3 rings (SSSR count). The number of aryl methyl sites for hydroxylation is 1. The fourth-order valence-corrected chi connectivity index (χ4v) is 3.89. The Hall–Kier alpha value is -1.78. The van der Waals surface area contributed by atoms with Crippen LogP contribution in [0.15, 0.2) is 29.7 Å². The van der Waals surface area contributed by atoms with Gasteiger partial charge in [0.05, 0.1) is 35.5 Å². The van der Waals surface area contributed by atoms with Crippen LogP contribution in [0.2, 0.25) is 0 Å². The summed E-state index contributed by atoms with van der Waals surface area (Å²) >= 11 is -1.40. The third-order valence-corrected chi connectivity index (χ3v) is 5.80. The van der Waals surface area contributed by atoms with Gasteiger partial charge in [0, 0.05) is 38.0 Å². The number of nitrogens with zero attached hydrogens (tertiary/aromatic N) is 3. The number of nitrogens with one attached hydrogen (secondary N) is 2. The zero-order valence-electron chi connectivity index (χ0n) is 15.1. The highest BCUT2D eigenvalue weighted by Gasteiger charge is 2.41. The van der Waals surface area contributed by atoms with Crippen LogP contribution in [0.3, 0.4) is 0 Å². The zero-order valence-corrected chi connectivity index (χ0v) is 15.9. The molecule has 148 valence electrons. The second-order valence-corrected chi connectivity index (χ2v) is 8.12. The van der Waals surface area contributed by atoms with Gasteiger partial charge >= 0.3 is 6.18 Å². The maximum Gasteiger partial charge on any atom is 0.391 e. The smallest absolute Gasteiger partial charge is 0.391 e. The molecular formula is C17H22F3N5OS. The molecule has 1 aliphatic rings. The van der Waals surface area contributed by atoms with E-state index in [4.69, 9.17) is 0 Å². The minimum Gasteiger partial charge on any atom is -0.593 e. The number of anilines is 1. The molecule has 6 nitrogen and oxygen atoms in total. The molecule has 10 heteroatoms. The normalized spacial score (nSPS) is 21.9. The van der Waals surface area contributed by atoms with E-state index in [-0.39, 0.29) is 18.9 Å². The molecule has 0 bridgehead atoms. The fraction of sp³-hybridized carbons (Fsp3) is 0.529. The first kappa shape index (κ1) is 20.0. The molecule has 1 unspecified atom stereocenters. The lowest BCUT2D eigenvalue weighted by molar-refractivity contribution is -0.182. The lowest BCUT2D eigenvalue weighted by atomic mass is 9.85. The monoisotopic (exact) mass is 401 g/mol. The fourth-order valence-electron chi connectivity index (χ4n) is 3.29. The summed E-state index contributed by atoms with van der Waals surface area (Å²) < 4.78 is 55.1. The number of alkyl halides is 3. The number of aromatic nitrogens is 3. The van der Waals surface area contributed by atoms with Crippen molar-refractivity contribution in [2.45, 2.75) is 42.8 Å². The molecule has 0 radical (unpaired) electrons. The van der Waals surface area contributed by atoms with E-state index >= 15 is 0 Å². The van der Waals surface area contributed by atoms with E-state index in [2.05, 4.69) is 20.0 Å². The Bertz CT molecular complexity index is 774. The molecule has 0 spiro atoms. The number of pyridine rings is 1. The van der Waals surface area contributed by atoms with Crippen molar-refractivity contribution in [3.63, 3.8) is 0 Å². The van der Waals surface area contributed by atoms with Gasteiger partial charge in [0.15, 0.2) is 4.90 Å². The van der Waals surface area contributed by atoms with Gasteiger partial charge in [0.25, 0.3) is 0 Å². The number of halogens is 3. The number of rotatable bonds is 5. The van der Waals surface area contributed by atoms with Crippen molar-refractivity contribution in [3.05, 3.63) is 24.8 Å². The largest absolute Gasteiger partial charge is 0.593 e. The van der Waals surface area contributed by atoms with Gasteiger partial charge in [-0.1, -0.05) is 0 Å². The molecule has 27 heavy (non-hydrogen) atoms. The van der Waals surface area contributed by atoms with Gasteiger partial charge in [0.1, 0.15) is 5.82 Å². The van der Waals surface area contributed by atoms with Crippen molar-refractivity contribution in [2.75, 3.05) is 12.4 Å². The number of hydrogen-bond acceptors (Lipinski definition) is 5. The predicted molar refractivity (Wildman–Crippen MR) is 97.3 cm³/mol. The van der Waals surface area contributed by atoms with Crippen LogP contribution in [0.25, 0.3) is 11.3 Å². The van der Waals surface area contributed by atoms with Crippen LogP contribution in [0.4, 0.5) is 19.0 Å². The average molecular weight is 401 g/mol. The molecular weight excluding hydrogens is 379 g/mol. The SMILES string of the molecule is CN[S+]([O-])c1cnc(N[C@H]2CC[C@@H](C(F)(F)F)CC2)c(-c2cn(C)cn2)c1. The zero-order chi connectivity index (χ0) is 19.6. The van der Waals surface area contributed by atoms with Crippen LogP contribution in [0.1, 0.15) is 25.7 Å². The van der Waals surface area contributed by atoms with Gasteiger partial charge in [-0.25, -0.2) is 9.97 Å². The van der Waals surface area contributed by atoms with Crippen LogP contribution < -0.4 is 10.0 Å². The third kappa shape index (κ3) is 4.74. The highest BCUT2D eigenvalue weighted by Crippen LogP contribution is 2.38. The number of imidazole rings is 1. The molecule has 2 aromatic heterocycles. The van der Waals surface area contributed by atoms with E-state index < -0.39 is 23.5 Å².